The number of hydrogen-bond acceptors (Lipinski definition) is 5. The lowest BCUT2D eigenvalue weighted by Gasteiger charge is -2.36. The highest BCUT2D eigenvalue weighted by molar-refractivity contribution is 5.94. The molecule has 0 unspecified atom stereocenters. The summed E-state index contributed by atoms with van der Waals surface area (Å²) in [6, 6.07) is 11.8. The SMILES string of the molecule is COc1ccc(N2CCN(C(=O)CNc3ccc(F)c(C(N)=O)c3)CC2)cc1. The largest absolute Gasteiger partial charge is 0.497 e. The molecular weight excluding hydrogens is 363 g/mol. The fourth-order valence-corrected chi connectivity index (χ4v) is 3.12. The number of ether oxygens (including phenoxy) is 1. The third kappa shape index (κ3) is 4.51. The molecule has 0 radical (unpaired) electrons. The Morgan fingerprint density at radius 1 is 1.11 bits per heavy atom. The topological polar surface area (TPSA) is 87.9 Å². The number of nitrogens with two attached hydrogens (primary N) is 1. The molecule has 148 valence electrons. The average molecular weight is 386 g/mol. The summed E-state index contributed by atoms with van der Waals surface area (Å²) < 4.78 is 18.7. The van der Waals surface area contributed by atoms with Crippen LogP contribution in [0.15, 0.2) is 42.5 Å². The van der Waals surface area contributed by atoms with Crippen molar-refractivity contribution in [1.29, 1.82) is 0 Å². The minimum Gasteiger partial charge on any atom is -0.497 e. The smallest absolute Gasteiger partial charge is 0.251 e. The number of nitrogens with one attached hydrogen (secondary N) is 1. The number of nitrogens with zero attached hydrogens (tertiary/aromatic N) is 2. The van der Waals surface area contributed by atoms with Crippen molar-refractivity contribution in [3.05, 3.63) is 53.8 Å². The number of anilines is 2. The number of halogens is 1. The van der Waals surface area contributed by atoms with Gasteiger partial charge in [0.25, 0.3) is 5.91 Å². The van der Waals surface area contributed by atoms with Gasteiger partial charge in [-0.1, -0.05) is 0 Å². The molecule has 3 rings (SSSR count). The van der Waals surface area contributed by atoms with Crippen LogP contribution in [0.4, 0.5) is 15.8 Å². The minimum atomic E-state index is -0.845. The van der Waals surface area contributed by atoms with Crippen molar-refractivity contribution in [2.24, 2.45) is 5.73 Å². The standard InChI is InChI=1S/C20H23FN4O3/c1-28-16-5-3-15(4-6-16)24-8-10-25(11-9-24)19(26)13-23-14-2-7-18(21)17(12-14)20(22)27/h2-7,12,23H,8-11,13H2,1H3,(H2,22,27). The van der Waals surface area contributed by atoms with Crippen molar-refractivity contribution in [1.82, 2.24) is 4.90 Å². The van der Waals surface area contributed by atoms with Crippen LogP contribution < -0.4 is 20.7 Å². The van der Waals surface area contributed by atoms with Gasteiger partial charge >= 0.3 is 0 Å². The minimum absolute atomic E-state index is 0.0562. The molecule has 1 saturated heterocycles. The van der Waals surface area contributed by atoms with Crippen LogP contribution in [0.25, 0.3) is 0 Å². The monoisotopic (exact) mass is 386 g/mol. The normalized spacial score (nSPS) is 13.9. The van der Waals surface area contributed by atoms with E-state index in [1.165, 1.54) is 12.1 Å². The summed E-state index contributed by atoms with van der Waals surface area (Å²) in [5.74, 6) is -0.774. The van der Waals surface area contributed by atoms with Crippen LogP contribution in [0.2, 0.25) is 0 Å². The summed E-state index contributed by atoms with van der Waals surface area (Å²) in [5, 5.41) is 2.93. The van der Waals surface area contributed by atoms with Gasteiger partial charge in [0, 0.05) is 37.6 Å². The molecule has 1 aliphatic rings. The molecule has 0 saturated carbocycles. The fraction of sp³-hybridized carbons (Fsp3) is 0.300. The van der Waals surface area contributed by atoms with E-state index in [1.54, 1.807) is 12.0 Å². The number of benzene rings is 2. The first-order valence-electron chi connectivity index (χ1n) is 8.98. The average Bonchev–Trinajstić information content (AvgIpc) is 2.73. The maximum atomic E-state index is 13.5. The first kappa shape index (κ1) is 19.5. The van der Waals surface area contributed by atoms with Crippen LogP contribution in [0.5, 0.6) is 5.75 Å². The quantitative estimate of drug-likeness (QED) is 0.789. The molecule has 3 N–H and O–H groups in total. The first-order valence-corrected chi connectivity index (χ1v) is 8.98. The summed E-state index contributed by atoms with van der Waals surface area (Å²) in [7, 11) is 1.63. The predicted molar refractivity (Wildman–Crippen MR) is 105 cm³/mol. The highest BCUT2D eigenvalue weighted by atomic mass is 19.1. The van der Waals surface area contributed by atoms with Crippen molar-refractivity contribution in [3.8, 4) is 5.75 Å². The molecule has 28 heavy (non-hydrogen) atoms. The van der Waals surface area contributed by atoms with E-state index >= 15 is 0 Å². The molecule has 2 aromatic carbocycles. The van der Waals surface area contributed by atoms with Gasteiger partial charge in [0.15, 0.2) is 0 Å². The second-order valence-corrected chi connectivity index (χ2v) is 6.48. The van der Waals surface area contributed by atoms with E-state index in [-0.39, 0.29) is 18.0 Å². The van der Waals surface area contributed by atoms with Gasteiger partial charge in [0.05, 0.1) is 19.2 Å². The molecule has 0 atom stereocenters. The molecule has 0 bridgehead atoms. The van der Waals surface area contributed by atoms with Gasteiger partial charge in [-0.3, -0.25) is 9.59 Å². The summed E-state index contributed by atoms with van der Waals surface area (Å²) in [6.07, 6.45) is 0. The molecule has 7 nitrogen and oxygen atoms in total. The highest BCUT2D eigenvalue weighted by Gasteiger charge is 2.21. The summed E-state index contributed by atoms with van der Waals surface area (Å²) in [6.45, 7) is 2.76. The Morgan fingerprint density at radius 2 is 1.79 bits per heavy atom. The Morgan fingerprint density at radius 3 is 2.39 bits per heavy atom. The van der Waals surface area contributed by atoms with Crippen LogP contribution in [0.1, 0.15) is 10.4 Å². The maximum absolute atomic E-state index is 13.5. The van der Waals surface area contributed by atoms with E-state index in [9.17, 15) is 14.0 Å². The second kappa shape index (κ2) is 8.60. The Bertz CT molecular complexity index is 849. The van der Waals surface area contributed by atoms with E-state index in [0.29, 0.717) is 18.8 Å². The number of primary amides is 1. The molecule has 2 amide bonds. The Kier molecular flexibility index (Phi) is 5.98. The van der Waals surface area contributed by atoms with Crippen LogP contribution in [0, 0.1) is 5.82 Å². The maximum Gasteiger partial charge on any atom is 0.251 e. The summed E-state index contributed by atoms with van der Waals surface area (Å²) >= 11 is 0. The zero-order valence-electron chi connectivity index (χ0n) is 15.7. The highest BCUT2D eigenvalue weighted by Crippen LogP contribution is 2.20. The van der Waals surface area contributed by atoms with Crippen molar-refractivity contribution >= 4 is 23.2 Å². The van der Waals surface area contributed by atoms with Crippen LogP contribution in [-0.4, -0.2) is 56.5 Å². The number of carbonyl (C=O) groups is 2. The van der Waals surface area contributed by atoms with Crippen LogP contribution in [-0.2, 0) is 4.79 Å². The van der Waals surface area contributed by atoms with Gasteiger partial charge in [-0.05, 0) is 42.5 Å². The third-order valence-corrected chi connectivity index (χ3v) is 4.75. The zero-order valence-corrected chi connectivity index (χ0v) is 15.7. The lowest BCUT2D eigenvalue weighted by Crippen LogP contribution is -2.50. The van der Waals surface area contributed by atoms with Gasteiger partial charge < -0.3 is 25.6 Å². The van der Waals surface area contributed by atoms with E-state index < -0.39 is 11.7 Å². The van der Waals surface area contributed by atoms with E-state index in [0.717, 1.165) is 30.6 Å². The van der Waals surface area contributed by atoms with Crippen molar-refractivity contribution in [3.63, 3.8) is 0 Å². The molecule has 0 spiro atoms. The number of amides is 2. The number of methoxy groups -OCH3 is 1. The van der Waals surface area contributed by atoms with Gasteiger partial charge in [0.2, 0.25) is 5.91 Å². The zero-order chi connectivity index (χ0) is 20.1. The Balaban J connectivity index is 1.51. The second-order valence-electron chi connectivity index (χ2n) is 6.48. The molecule has 1 heterocycles. The lowest BCUT2D eigenvalue weighted by atomic mass is 10.1. The van der Waals surface area contributed by atoms with E-state index in [4.69, 9.17) is 10.5 Å². The van der Waals surface area contributed by atoms with Crippen molar-refractivity contribution in [2.75, 3.05) is 50.1 Å². The molecule has 8 heteroatoms. The third-order valence-electron chi connectivity index (χ3n) is 4.75. The molecular formula is C20H23FN4O3. The fourth-order valence-electron chi connectivity index (χ4n) is 3.12. The van der Waals surface area contributed by atoms with Gasteiger partial charge in [-0.15, -0.1) is 0 Å². The Labute approximate surface area is 162 Å². The van der Waals surface area contributed by atoms with Crippen LogP contribution in [0.3, 0.4) is 0 Å². The molecule has 0 aromatic heterocycles. The van der Waals surface area contributed by atoms with Crippen molar-refractivity contribution < 1.29 is 18.7 Å². The van der Waals surface area contributed by atoms with Crippen molar-refractivity contribution in [2.45, 2.75) is 0 Å². The molecule has 2 aromatic rings. The number of rotatable bonds is 6. The van der Waals surface area contributed by atoms with Gasteiger partial charge in [0.1, 0.15) is 11.6 Å². The Hall–Kier alpha value is -3.29. The van der Waals surface area contributed by atoms with Crippen LogP contribution >= 0.6 is 0 Å². The molecule has 1 fully saturated rings. The van der Waals surface area contributed by atoms with E-state index in [2.05, 4.69) is 10.2 Å². The van der Waals surface area contributed by atoms with Gasteiger partial charge in [-0.25, -0.2) is 4.39 Å². The number of piperazine rings is 1. The van der Waals surface area contributed by atoms with Gasteiger partial charge in [-0.2, -0.15) is 0 Å². The predicted octanol–water partition coefficient (Wildman–Crippen LogP) is 1.69. The van der Waals surface area contributed by atoms with E-state index in [1.807, 2.05) is 24.3 Å². The number of hydrogen-bond donors (Lipinski definition) is 2. The molecule has 0 aliphatic carbocycles. The first-order chi connectivity index (χ1) is 13.5. The summed E-state index contributed by atoms with van der Waals surface area (Å²) in [4.78, 5) is 27.7. The molecule has 1 aliphatic heterocycles. The lowest BCUT2D eigenvalue weighted by molar-refractivity contribution is -0.129. The summed E-state index contributed by atoms with van der Waals surface area (Å²) in [5.41, 5.74) is 6.50. The number of carbonyl (C=O) groups excluding carboxylic acids is 2.